The van der Waals surface area contributed by atoms with Crippen molar-refractivity contribution in [1.82, 2.24) is 4.98 Å². The van der Waals surface area contributed by atoms with Crippen molar-refractivity contribution in [2.75, 3.05) is 0 Å². The summed E-state index contributed by atoms with van der Waals surface area (Å²) in [7, 11) is 0. The van der Waals surface area contributed by atoms with Gasteiger partial charge in [-0.2, -0.15) is 13.2 Å². The van der Waals surface area contributed by atoms with Gasteiger partial charge in [-0.15, -0.1) is 11.6 Å². The van der Waals surface area contributed by atoms with Gasteiger partial charge in [-0.25, -0.2) is 13.2 Å². The third kappa shape index (κ3) is 2.40. The Hall–Kier alpha value is -0.980. The number of halogens is 7. The van der Waals surface area contributed by atoms with Gasteiger partial charge in [0, 0.05) is 17.6 Å². The van der Waals surface area contributed by atoms with Crippen molar-refractivity contribution in [3.8, 4) is 0 Å². The lowest BCUT2D eigenvalue weighted by Gasteiger charge is -2.13. The molecule has 0 N–H and O–H groups in total. The third-order valence-corrected chi connectivity index (χ3v) is 2.05. The van der Waals surface area contributed by atoms with E-state index in [0.717, 1.165) is 0 Å². The van der Waals surface area contributed by atoms with Gasteiger partial charge in [0.25, 0.3) is 6.43 Å². The lowest BCUT2D eigenvalue weighted by Crippen LogP contribution is -2.15. The van der Waals surface area contributed by atoms with Crippen LogP contribution in [0, 0.1) is 5.82 Å². The zero-order valence-electron chi connectivity index (χ0n) is 7.45. The Morgan fingerprint density at radius 2 is 1.88 bits per heavy atom. The van der Waals surface area contributed by atoms with Crippen LogP contribution in [0.1, 0.15) is 23.2 Å². The van der Waals surface area contributed by atoms with Crippen molar-refractivity contribution in [2.45, 2.75) is 18.5 Å². The lowest BCUT2D eigenvalue weighted by molar-refractivity contribution is -0.140. The van der Waals surface area contributed by atoms with Crippen molar-refractivity contribution in [3.63, 3.8) is 0 Å². The molecule has 0 aliphatic carbocycles. The van der Waals surface area contributed by atoms with E-state index in [1.165, 1.54) is 0 Å². The maximum atomic E-state index is 13.1. The van der Waals surface area contributed by atoms with E-state index in [-0.39, 0.29) is 0 Å². The van der Waals surface area contributed by atoms with E-state index in [9.17, 15) is 26.3 Å². The molecule has 0 saturated heterocycles. The van der Waals surface area contributed by atoms with E-state index in [1.54, 1.807) is 0 Å². The Balaban J connectivity index is 3.47. The number of aromatic nitrogens is 1. The number of pyridine rings is 1. The van der Waals surface area contributed by atoms with Crippen molar-refractivity contribution in [1.29, 1.82) is 0 Å². The molecular weight excluding hydrogens is 260 g/mol. The third-order valence-electron chi connectivity index (χ3n) is 1.76. The molecule has 90 valence electrons. The van der Waals surface area contributed by atoms with Gasteiger partial charge in [-0.05, 0) is 0 Å². The smallest absolute Gasteiger partial charge is 0.252 e. The SMILES string of the molecule is Fc1c(C(F)F)ncc(CCl)c1C(F)(F)F. The molecule has 0 radical (unpaired) electrons. The van der Waals surface area contributed by atoms with E-state index in [0.29, 0.717) is 6.20 Å². The summed E-state index contributed by atoms with van der Waals surface area (Å²) in [6, 6.07) is 0. The van der Waals surface area contributed by atoms with E-state index in [2.05, 4.69) is 4.98 Å². The van der Waals surface area contributed by atoms with E-state index < -0.39 is 41.1 Å². The summed E-state index contributed by atoms with van der Waals surface area (Å²) in [5.74, 6) is -2.73. The second-order valence-electron chi connectivity index (χ2n) is 2.79. The summed E-state index contributed by atoms with van der Waals surface area (Å²) in [6.07, 6.45) is -7.99. The Morgan fingerprint density at radius 3 is 2.25 bits per heavy atom. The quantitative estimate of drug-likeness (QED) is 0.582. The molecule has 1 nitrogen and oxygen atoms in total. The van der Waals surface area contributed by atoms with Gasteiger partial charge in [0.05, 0.1) is 5.56 Å². The average Bonchev–Trinajstić information content (AvgIpc) is 2.14. The van der Waals surface area contributed by atoms with Gasteiger partial charge in [-0.3, -0.25) is 4.98 Å². The Bertz CT molecular complexity index is 389. The molecule has 0 saturated carbocycles. The van der Waals surface area contributed by atoms with Gasteiger partial charge in [-0.1, -0.05) is 0 Å². The first-order valence-electron chi connectivity index (χ1n) is 3.87. The first-order valence-corrected chi connectivity index (χ1v) is 4.41. The largest absolute Gasteiger partial charge is 0.419 e. The van der Waals surface area contributed by atoms with Gasteiger partial charge >= 0.3 is 6.18 Å². The minimum Gasteiger partial charge on any atom is -0.252 e. The predicted molar refractivity (Wildman–Crippen MR) is 43.7 cm³/mol. The molecule has 8 heteroatoms. The van der Waals surface area contributed by atoms with Crippen LogP contribution in [0.2, 0.25) is 0 Å². The highest BCUT2D eigenvalue weighted by atomic mass is 35.5. The number of alkyl halides is 6. The molecule has 0 amide bonds. The average molecular weight is 264 g/mol. The minimum absolute atomic E-state index is 0.500. The molecule has 0 atom stereocenters. The van der Waals surface area contributed by atoms with Crippen LogP contribution in [0.25, 0.3) is 0 Å². The summed E-state index contributed by atoms with van der Waals surface area (Å²) in [4.78, 5) is 2.91. The fraction of sp³-hybridized carbons (Fsp3) is 0.375. The molecule has 16 heavy (non-hydrogen) atoms. The molecule has 0 unspecified atom stereocenters. The van der Waals surface area contributed by atoms with Crippen LogP contribution in [0.5, 0.6) is 0 Å². The highest BCUT2D eigenvalue weighted by Gasteiger charge is 2.39. The van der Waals surface area contributed by atoms with Crippen LogP contribution in [0.3, 0.4) is 0 Å². The fourth-order valence-corrected chi connectivity index (χ4v) is 1.30. The van der Waals surface area contributed by atoms with E-state index in [1.807, 2.05) is 0 Å². The summed E-state index contributed by atoms with van der Waals surface area (Å²) in [5.41, 5.74) is -3.98. The molecule has 1 aromatic heterocycles. The molecular formula is C8H4ClF6N. The summed E-state index contributed by atoms with van der Waals surface area (Å²) < 4.78 is 74.5. The molecule has 0 spiro atoms. The van der Waals surface area contributed by atoms with E-state index in [4.69, 9.17) is 11.6 Å². The molecule has 1 rings (SSSR count). The molecule has 0 fully saturated rings. The standard InChI is InChI=1S/C8H4ClF6N/c9-1-3-2-16-6(7(11)12)5(10)4(3)8(13,14)15/h2,7H,1H2. The number of rotatable bonds is 2. The van der Waals surface area contributed by atoms with Gasteiger partial charge in [0.15, 0.2) is 5.82 Å². The summed E-state index contributed by atoms with van der Waals surface area (Å²) in [5, 5.41) is 0. The van der Waals surface area contributed by atoms with Crippen molar-refractivity contribution in [3.05, 3.63) is 28.8 Å². The molecule has 0 aromatic carbocycles. The van der Waals surface area contributed by atoms with E-state index >= 15 is 0 Å². The molecule has 0 bridgehead atoms. The van der Waals surface area contributed by atoms with Gasteiger partial charge < -0.3 is 0 Å². The van der Waals surface area contributed by atoms with Crippen molar-refractivity contribution in [2.24, 2.45) is 0 Å². The van der Waals surface area contributed by atoms with Crippen LogP contribution in [0.15, 0.2) is 6.20 Å². The Kier molecular flexibility index (Phi) is 3.67. The number of hydrogen-bond acceptors (Lipinski definition) is 1. The number of hydrogen-bond donors (Lipinski definition) is 0. The zero-order chi connectivity index (χ0) is 12.5. The molecule has 0 aliphatic rings. The van der Waals surface area contributed by atoms with Crippen LogP contribution in [0.4, 0.5) is 26.3 Å². The van der Waals surface area contributed by atoms with Crippen LogP contribution < -0.4 is 0 Å². The summed E-state index contributed by atoms with van der Waals surface area (Å²) >= 11 is 5.15. The number of nitrogens with zero attached hydrogens (tertiary/aromatic N) is 1. The van der Waals surface area contributed by atoms with Gasteiger partial charge in [0.2, 0.25) is 0 Å². The first kappa shape index (κ1) is 13.1. The fourth-order valence-electron chi connectivity index (χ4n) is 1.10. The van der Waals surface area contributed by atoms with Gasteiger partial charge in [0.1, 0.15) is 5.69 Å². The molecule has 1 heterocycles. The zero-order valence-corrected chi connectivity index (χ0v) is 8.21. The highest BCUT2D eigenvalue weighted by molar-refractivity contribution is 6.17. The topological polar surface area (TPSA) is 12.9 Å². The second kappa shape index (κ2) is 4.48. The van der Waals surface area contributed by atoms with Crippen LogP contribution >= 0.6 is 11.6 Å². The summed E-state index contributed by atoms with van der Waals surface area (Å²) in [6.45, 7) is 0. The van der Waals surface area contributed by atoms with Crippen molar-refractivity contribution >= 4 is 11.6 Å². The Labute approximate surface area is 91.0 Å². The lowest BCUT2D eigenvalue weighted by atomic mass is 10.1. The van der Waals surface area contributed by atoms with Crippen LogP contribution in [-0.2, 0) is 12.1 Å². The van der Waals surface area contributed by atoms with Crippen molar-refractivity contribution < 1.29 is 26.3 Å². The minimum atomic E-state index is -5.08. The predicted octanol–water partition coefficient (Wildman–Crippen LogP) is 3.92. The normalized spacial score (nSPS) is 12.2. The monoisotopic (exact) mass is 263 g/mol. The maximum Gasteiger partial charge on any atom is 0.419 e. The first-order chi connectivity index (χ1) is 7.29. The molecule has 1 aromatic rings. The molecule has 0 aliphatic heterocycles. The van der Waals surface area contributed by atoms with Crippen LogP contribution in [-0.4, -0.2) is 4.98 Å². The maximum absolute atomic E-state index is 13.1. The highest BCUT2D eigenvalue weighted by Crippen LogP contribution is 2.37. The Morgan fingerprint density at radius 1 is 1.31 bits per heavy atom. The second-order valence-corrected chi connectivity index (χ2v) is 3.06.